The number of amides is 1. The van der Waals surface area contributed by atoms with Gasteiger partial charge in [-0.2, -0.15) is 0 Å². The molecule has 0 bridgehead atoms. The van der Waals surface area contributed by atoms with Gasteiger partial charge in [-0.15, -0.1) is 21.5 Å². The van der Waals surface area contributed by atoms with Gasteiger partial charge in [-0.25, -0.2) is 0 Å². The molecule has 7 heteroatoms. The highest BCUT2D eigenvalue weighted by atomic mass is 32.2. The fourth-order valence-corrected chi connectivity index (χ4v) is 3.21. The van der Waals surface area contributed by atoms with Crippen LogP contribution in [-0.2, 0) is 11.2 Å². The maximum atomic E-state index is 11.5. The number of rotatable bonds is 6. The van der Waals surface area contributed by atoms with E-state index in [4.69, 9.17) is 0 Å². The highest BCUT2D eigenvalue weighted by Crippen LogP contribution is 2.18. The lowest BCUT2D eigenvalue weighted by Crippen LogP contribution is -2.27. The second-order valence-electron chi connectivity index (χ2n) is 3.17. The van der Waals surface area contributed by atoms with Crippen molar-refractivity contribution >= 4 is 40.3 Å². The van der Waals surface area contributed by atoms with Crippen LogP contribution in [0.15, 0.2) is 27.4 Å². The first-order valence-electron chi connectivity index (χ1n) is 5.02. The number of nitrogens with one attached hydrogen (secondary N) is 1. The van der Waals surface area contributed by atoms with Gasteiger partial charge in [0.15, 0.2) is 4.34 Å². The molecular formula is C10H11N3OS3. The standard InChI is InChI=1S/C10H11N3OS3/c14-9(6-16-10-13-12-7-17-10)11-4-3-8-2-1-5-15-8/h1-2,5,7H,3-4,6H2,(H,11,14). The lowest BCUT2D eigenvalue weighted by atomic mass is 10.3. The molecule has 0 aliphatic carbocycles. The molecule has 2 rings (SSSR count). The summed E-state index contributed by atoms with van der Waals surface area (Å²) in [6.07, 6.45) is 0.896. The minimum Gasteiger partial charge on any atom is -0.355 e. The van der Waals surface area contributed by atoms with Crippen LogP contribution in [0.1, 0.15) is 4.88 Å². The number of carbonyl (C=O) groups excluding carboxylic acids is 1. The van der Waals surface area contributed by atoms with Crippen LogP contribution < -0.4 is 5.32 Å². The molecular weight excluding hydrogens is 274 g/mol. The predicted octanol–water partition coefficient (Wildman–Crippen LogP) is 2.05. The Morgan fingerprint density at radius 1 is 1.47 bits per heavy atom. The molecule has 0 saturated heterocycles. The van der Waals surface area contributed by atoms with E-state index in [1.54, 1.807) is 16.8 Å². The van der Waals surface area contributed by atoms with Crippen LogP contribution in [0.5, 0.6) is 0 Å². The number of aromatic nitrogens is 2. The number of nitrogens with zero attached hydrogens (tertiary/aromatic N) is 2. The van der Waals surface area contributed by atoms with Crippen LogP contribution in [0.25, 0.3) is 0 Å². The molecule has 0 unspecified atom stereocenters. The van der Waals surface area contributed by atoms with Gasteiger partial charge in [-0.3, -0.25) is 4.79 Å². The second kappa shape index (κ2) is 6.73. The molecule has 0 aliphatic rings. The molecule has 0 fully saturated rings. The average Bonchev–Trinajstić information content (AvgIpc) is 2.99. The third kappa shape index (κ3) is 4.45. The van der Waals surface area contributed by atoms with E-state index in [0.717, 1.165) is 10.8 Å². The monoisotopic (exact) mass is 285 g/mol. The zero-order valence-electron chi connectivity index (χ0n) is 8.96. The van der Waals surface area contributed by atoms with E-state index in [0.29, 0.717) is 12.3 Å². The smallest absolute Gasteiger partial charge is 0.230 e. The molecule has 4 nitrogen and oxygen atoms in total. The third-order valence-corrected chi connectivity index (χ3v) is 4.74. The van der Waals surface area contributed by atoms with E-state index < -0.39 is 0 Å². The zero-order valence-corrected chi connectivity index (χ0v) is 11.4. The van der Waals surface area contributed by atoms with Crippen molar-refractivity contribution < 1.29 is 4.79 Å². The minimum atomic E-state index is 0.0433. The number of hydrogen-bond donors (Lipinski definition) is 1. The van der Waals surface area contributed by atoms with E-state index in [-0.39, 0.29) is 5.91 Å². The van der Waals surface area contributed by atoms with Gasteiger partial charge in [-0.1, -0.05) is 29.2 Å². The Hall–Kier alpha value is -0.920. The Balaban J connectivity index is 1.61. The van der Waals surface area contributed by atoms with Crippen molar-refractivity contribution in [3.8, 4) is 0 Å². The Kier molecular flexibility index (Phi) is 4.96. The lowest BCUT2D eigenvalue weighted by molar-refractivity contribution is -0.118. The molecule has 0 saturated carbocycles. The van der Waals surface area contributed by atoms with Crippen molar-refractivity contribution in [1.82, 2.24) is 15.5 Å². The van der Waals surface area contributed by atoms with Gasteiger partial charge < -0.3 is 5.32 Å². The summed E-state index contributed by atoms with van der Waals surface area (Å²) >= 11 is 4.58. The molecule has 0 aliphatic heterocycles. The van der Waals surface area contributed by atoms with Gasteiger partial charge in [0.25, 0.3) is 0 Å². The van der Waals surface area contributed by atoms with Crippen molar-refractivity contribution in [1.29, 1.82) is 0 Å². The van der Waals surface area contributed by atoms with Gasteiger partial charge in [-0.05, 0) is 17.9 Å². The average molecular weight is 285 g/mol. The van der Waals surface area contributed by atoms with Crippen LogP contribution >= 0.6 is 34.4 Å². The SMILES string of the molecule is O=C(CSc1nncs1)NCCc1cccs1. The van der Waals surface area contributed by atoms with E-state index in [1.165, 1.54) is 28.0 Å². The Labute approximate surface area is 111 Å². The van der Waals surface area contributed by atoms with Gasteiger partial charge in [0.2, 0.25) is 5.91 Å². The van der Waals surface area contributed by atoms with Gasteiger partial charge in [0.05, 0.1) is 5.75 Å². The summed E-state index contributed by atoms with van der Waals surface area (Å²) in [5.41, 5.74) is 1.66. The maximum absolute atomic E-state index is 11.5. The number of carbonyl (C=O) groups is 1. The fourth-order valence-electron chi connectivity index (χ4n) is 1.18. The minimum absolute atomic E-state index is 0.0433. The summed E-state index contributed by atoms with van der Waals surface area (Å²) in [5, 5.41) is 12.5. The molecule has 1 N–H and O–H groups in total. The summed E-state index contributed by atoms with van der Waals surface area (Å²) in [7, 11) is 0. The van der Waals surface area contributed by atoms with Gasteiger partial charge >= 0.3 is 0 Å². The van der Waals surface area contributed by atoms with Crippen LogP contribution in [0, 0.1) is 0 Å². The van der Waals surface area contributed by atoms with Crippen LogP contribution in [0.4, 0.5) is 0 Å². The Bertz CT molecular complexity index is 441. The van der Waals surface area contributed by atoms with E-state index >= 15 is 0 Å². The van der Waals surface area contributed by atoms with Crippen molar-refractivity contribution in [2.24, 2.45) is 0 Å². The van der Waals surface area contributed by atoms with Crippen molar-refractivity contribution in [3.63, 3.8) is 0 Å². The molecule has 2 heterocycles. The predicted molar refractivity (Wildman–Crippen MR) is 71.7 cm³/mol. The van der Waals surface area contributed by atoms with Crippen LogP contribution in [0.3, 0.4) is 0 Å². The van der Waals surface area contributed by atoms with E-state index in [1.807, 2.05) is 11.4 Å². The molecule has 2 aromatic heterocycles. The number of thioether (sulfide) groups is 1. The first-order valence-corrected chi connectivity index (χ1v) is 7.77. The van der Waals surface area contributed by atoms with Crippen LogP contribution in [0.2, 0.25) is 0 Å². The highest BCUT2D eigenvalue weighted by Gasteiger charge is 2.04. The molecule has 2 aromatic rings. The summed E-state index contributed by atoms with van der Waals surface area (Å²) in [6.45, 7) is 0.691. The molecule has 0 radical (unpaired) electrons. The summed E-state index contributed by atoms with van der Waals surface area (Å²) in [6, 6.07) is 4.10. The molecule has 0 atom stereocenters. The fraction of sp³-hybridized carbons (Fsp3) is 0.300. The second-order valence-corrected chi connectivity index (χ2v) is 6.26. The number of thiophene rings is 1. The summed E-state index contributed by atoms with van der Waals surface area (Å²) in [5.74, 6) is 0.446. The largest absolute Gasteiger partial charge is 0.355 e. The number of hydrogen-bond acceptors (Lipinski definition) is 6. The molecule has 17 heavy (non-hydrogen) atoms. The summed E-state index contributed by atoms with van der Waals surface area (Å²) < 4.78 is 0.832. The van der Waals surface area contributed by atoms with Gasteiger partial charge in [0.1, 0.15) is 5.51 Å². The molecule has 0 aromatic carbocycles. The third-order valence-electron chi connectivity index (χ3n) is 1.94. The molecule has 0 spiro atoms. The first-order chi connectivity index (χ1) is 8.34. The lowest BCUT2D eigenvalue weighted by Gasteiger charge is -2.02. The van der Waals surface area contributed by atoms with Crippen molar-refractivity contribution in [2.45, 2.75) is 10.8 Å². The summed E-state index contributed by atoms with van der Waals surface area (Å²) in [4.78, 5) is 12.8. The topological polar surface area (TPSA) is 54.9 Å². The maximum Gasteiger partial charge on any atom is 0.230 e. The Morgan fingerprint density at radius 2 is 2.41 bits per heavy atom. The normalized spacial score (nSPS) is 10.4. The van der Waals surface area contributed by atoms with Crippen molar-refractivity contribution in [3.05, 3.63) is 27.9 Å². The van der Waals surface area contributed by atoms with Gasteiger partial charge in [0, 0.05) is 11.4 Å². The van der Waals surface area contributed by atoms with Crippen molar-refractivity contribution in [2.75, 3.05) is 12.3 Å². The quantitative estimate of drug-likeness (QED) is 0.825. The van der Waals surface area contributed by atoms with Crippen LogP contribution in [-0.4, -0.2) is 28.4 Å². The molecule has 1 amide bonds. The van der Waals surface area contributed by atoms with E-state index in [9.17, 15) is 4.79 Å². The zero-order chi connectivity index (χ0) is 11.9. The first kappa shape index (κ1) is 12.5. The molecule has 90 valence electrons. The highest BCUT2D eigenvalue weighted by molar-refractivity contribution is 8.01. The van der Waals surface area contributed by atoms with E-state index in [2.05, 4.69) is 21.6 Å². The Morgan fingerprint density at radius 3 is 3.12 bits per heavy atom.